The number of aromatic nitrogens is 1. The number of nitrogens with zero attached hydrogens (tertiary/aromatic N) is 4. The summed E-state index contributed by atoms with van der Waals surface area (Å²) in [4.78, 5) is 21.0. The molecule has 1 aromatic carbocycles. The highest BCUT2D eigenvalue weighted by molar-refractivity contribution is 7.89. The SMILES string of the molecule is O=C(c1cc(N2CCCC2)ccn1)N1CCN(S(=O)(=O)c2ccc(F)cc2)CC1. The van der Waals surface area contributed by atoms with Gasteiger partial charge in [-0.25, -0.2) is 12.8 Å². The van der Waals surface area contributed by atoms with E-state index in [1.54, 1.807) is 11.1 Å². The molecule has 0 aliphatic carbocycles. The van der Waals surface area contributed by atoms with Crippen LogP contribution in [0.5, 0.6) is 0 Å². The zero-order chi connectivity index (χ0) is 20.4. The summed E-state index contributed by atoms with van der Waals surface area (Å²) >= 11 is 0. The molecule has 2 fully saturated rings. The van der Waals surface area contributed by atoms with Gasteiger partial charge in [-0.3, -0.25) is 9.78 Å². The molecule has 3 heterocycles. The van der Waals surface area contributed by atoms with Gasteiger partial charge < -0.3 is 9.80 Å². The zero-order valence-electron chi connectivity index (χ0n) is 16.0. The minimum Gasteiger partial charge on any atom is -0.371 e. The first-order chi connectivity index (χ1) is 13.9. The van der Waals surface area contributed by atoms with Gasteiger partial charge in [-0.05, 0) is 49.2 Å². The molecule has 0 radical (unpaired) electrons. The quantitative estimate of drug-likeness (QED) is 0.759. The third-order valence-electron chi connectivity index (χ3n) is 5.41. The maximum Gasteiger partial charge on any atom is 0.272 e. The Morgan fingerprint density at radius 3 is 2.24 bits per heavy atom. The number of carbonyl (C=O) groups is 1. The van der Waals surface area contributed by atoms with Crippen LogP contribution < -0.4 is 4.90 Å². The van der Waals surface area contributed by atoms with Crippen LogP contribution in [0.3, 0.4) is 0 Å². The molecular formula is C20H23FN4O3S. The lowest BCUT2D eigenvalue weighted by Gasteiger charge is -2.34. The summed E-state index contributed by atoms with van der Waals surface area (Å²) in [6, 6.07) is 8.51. The second-order valence-electron chi connectivity index (χ2n) is 7.24. The van der Waals surface area contributed by atoms with Gasteiger partial charge in [0.15, 0.2) is 0 Å². The number of pyridine rings is 1. The molecule has 0 N–H and O–H groups in total. The molecule has 0 bridgehead atoms. The third-order valence-corrected chi connectivity index (χ3v) is 7.32. The van der Waals surface area contributed by atoms with Gasteiger partial charge in [0.2, 0.25) is 10.0 Å². The van der Waals surface area contributed by atoms with E-state index in [0.29, 0.717) is 5.69 Å². The van der Waals surface area contributed by atoms with E-state index >= 15 is 0 Å². The molecule has 9 heteroatoms. The molecule has 1 amide bonds. The normalized spacial score (nSPS) is 18.2. The first-order valence-electron chi connectivity index (χ1n) is 9.71. The lowest BCUT2D eigenvalue weighted by molar-refractivity contribution is 0.0692. The number of hydrogen-bond acceptors (Lipinski definition) is 5. The van der Waals surface area contributed by atoms with Gasteiger partial charge in [-0.2, -0.15) is 4.31 Å². The van der Waals surface area contributed by atoms with Gasteiger partial charge in [0.1, 0.15) is 11.5 Å². The van der Waals surface area contributed by atoms with Gasteiger partial charge >= 0.3 is 0 Å². The van der Waals surface area contributed by atoms with E-state index in [1.165, 1.54) is 16.4 Å². The third kappa shape index (κ3) is 4.11. The average molecular weight is 418 g/mol. The number of amides is 1. The molecule has 4 rings (SSSR count). The molecule has 154 valence electrons. The predicted molar refractivity (Wildman–Crippen MR) is 107 cm³/mol. The minimum absolute atomic E-state index is 0.0543. The highest BCUT2D eigenvalue weighted by Gasteiger charge is 2.31. The Balaban J connectivity index is 1.42. The highest BCUT2D eigenvalue weighted by Crippen LogP contribution is 2.22. The molecule has 7 nitrogen and oxygen atoms in total. The van der Waals surface area contributed by atoms with Crippen molar-refractivity contribution >= 4 is 21.6 Å². The van der Waals surface area contributed by atoms with E-state index < -0.39 is 15.8 Å². The number of hydrogen-bond donors (Lipinski definition) is 0. The molecule has 2 aliphatic heterocycles. The monoisotopic (exact) mass is 418 g/mol. The van der Waals surface area contributed by atoms with E-state index in [4.69, 9.17) is 0 Å². The number of piperazine rings is 1. The van der Waals surface area contributed by atoms with Crippen LogP contribution in [0.4, 0.5) is 10.1 Å². The van der Waals surface area contributed by atoms with Crippen LogP contribution >= 0.6 is 0 Å². The van der Waals surface area contributed by atoms with Gasteiger partial charge in [-0.15, -0.1) is 0 Å². The topological polar surface area (TPSA) is 73.8 Å². The van der Waals surface area contributed by atoms with Crippen LogP contribution in [0.2, 0.25) is 0 Å². The summed E-state index contributed by atoms with van der Waals surface area (Å²) in [7, 11) is -3.70. The lowest BCUT2D eigenvalue weighted by atomic mass is 10.2. The number of benzene rings is 1. The Morgan fingerprint density at radius 1 is 0.931 bits per heavy atom. The number of rotatable bonds is 4. The van der Waals surface area contributed by atoms with E-state index in [-0.39, 0.29) is 37.0 Å². The van der Waals surface area contributed by atoms with Crippen LogP contribution in [-0.4, -0.2) is 67.8 Å². The molecule has 2 saturated heterocycles. The van der Waals surface area contributed by atoms with Crippen LogP contribution in [0.15, 0.2) is 47.5 Å². The van der Waals surface area contributed by atoms with Gasteiger partial charge in [-0.1, -0.05) is 0 Å². The summed E-state index contributed by atoms with van der Waals surface area (Å²) in [5, 5.41) is 0. The van der Waals surface area contributed by atoms with E-state index in [2.05, 4.69) is 9.88 Å². The van der Waals surface area contributed by atoms with Crippen molar-refractivity contribution in [3.05, 3.63) is 54.1 Å². The Hall–Kier alpha value is -2.52. The highest BCUT2D eigenvalue weighted by atomic mass is 32.2. The van der Waals surface area contributed by atoms with Crippen molar-refractivity contribution in [3.8, 4) is 0 Å². The van der Waals surface area contributed by atoms with E-state index in [1.807, 2.05) is 12.1 Å². The van der Waals surface area contributed by atoms with Crippen LogP contribution in [0.25, 0.3) is 0 Å². The molecule has 29 heavy (non-hydrogen) atoms. The lowest BCUT2D eigenvalue weighted by Crippen LogP contribution is -2.50. The summed E-state index contributed by atoms with van der Waals surface area (Å²) < 4.78 is 39.9. The largest absolute Gasteiger partial charge is 0.371 e. The second-order valence-corrected chi connectivity index (χ2v) is 9.18. The van der Waals surface area contributed by atoms with Crippen molar-refractivity contribution in [1.29, 1.82) is 0 Å². The fraction of sp³-hybridized carbons (Fsp3) is 0.400. The van der Waals surface area contributed by atoms with Crippen LogP contribution in [0, 0.1) is 5.82 Å². The Kier molecular flexibility index (Phi) is 5.51. The first kappa shape index (κ1) is 19.8. The van der Waals surface area contributed by atoms with E-state index in [0.717, 1.165) is 43.8 Å². The number of halogens is 1. The van der Waals surface area contributed by atoms with Gasteiger partial charge in [0.25, 0.3) is 5.91 Å². The fourth-order valence-electron chi connectivity index (χ4n) is 3.76. The van der Waals surface area contributed by atoms with Gasteiger partial charge in [0.05, 0.1) is 4.90 Å². The molecular weight excluding hydrogens is 395 g/mol. The first-order valence-corrected chi connectivity index (χ1v) is 11.2. The van der Waals surface area contributed by atoms with Gasteiger partial charge in [0, 0.05) is 51.2 Å². The molecule has 1 aromatic heterocycles. The standard InChI is InChI=1S/C20H23FN4O3S/c21-16-3-5-18(6-4-16)29(27,28)25-13-11-24(12-14-25)20(26)19-15-17(7-8-22-19)23-9-1-2-10-23/h3-8,15H,1-2,9-14H2. The molecule has 0 unspecified atom stereocenters. The Labute approximate surface area is 169 Å². The average Bonchev–Trinajstić information content (AvgIpc) is 3.29. The summed E-state index contributed by atoms with van der Waals surface area (Å²) in [5.74, 6) is -0.673. The molecule has 0 saturated carbocycles. The van der Waals surface area contributed by atoms with E-state index in [9.17, 15) is 17.6 Å². The Bertz CT molecular complexity index is 983. The van der Waals surface area contributed by atoms with Crippen molar-refractivity contribution in [2.45, 2.75) is 17.7 Å². The maximum absolute atomic E-state index is 13.1. The predicted octanol–water partition coefficient (Wildman–Crippen LogP) is 1.97. The smallest absolute Gasteiger partial charge is 0.272 e. The Morgan fingerprint density at radius 2 is 1.59 bits per heavy atom. The van der Waals surface area contributed by atoms with Crippen molar-refractivity contribution in [3.63, 3.8) is 0 Å². The summed E-state index contributed by atoms with van der Waals surface area (Å²) in [6.07, 6.45) is 3.95. The molecule has 2 aliphatic rings. The fourth-order valence-corrected chi connectivity index (χ4v) is 5.18. The number of sulfonamides is 1. The van der Waals surface area contributed by atoms with Crippen LogP contribution in [-0.2, 0) is 10.0 Å². The number of carbonyl (C=O) groups excluding carboxylic acids is 1. The van der Waals surface area contributed by atoms with Crippen LogP contribution in [0.1, 0.15) is 23.3 Å². The van der Waals surface area contributed by atoms with Crippen molar-refractivity contribution in [2.24, 2.45) is 0 Å². The number of anilines is 1. The summed E-state index contributed by atoms with van der Waals surface area (Å²) in [5.41, 5.74) is 1.38. The van der Waals surface area contributed by atoms with Crippen molar-refractivity contribution in [1.82, 2.24) is 14.2 Å². The summed E-state index contributed by atoms with van der Waals surface area (Å²) in [6.45, 7) is 2.92. The molecule has 0 atom stereocenters. The van der Waals surface area contributed by atoms with Crippen molar-refractivity contribution in [2.75, 3.05) is 44.2 Å². The zero-order valence-corrected chi connectivity index (χ0v) is 16.8. The minimum atomic E-state index is -3.70. The molecule has 2 aromatic rings. The molecule has 0 spiro atoms. The van der Waals surface area contributed by atoms with Crippen molar-refractivity contribution < 1.29 is 17.6 Å². The maximum atomic E-state index is 13.1. The second kappa shape index (κ2) is 8.08.